The molecule has 1 aromatic heterocycles. The van der Waals surface area contributed by atoms with E-state index >= 15 is 0 Å². The highest BCUT2D eigenvalue weighted by Crippen LogP contribution is 2.21. The molecule has 0 spiro atoms. The highest BCUT2D eigenvalue weighted by Gasteiger charge is 2.21. The number of sulfonamides is 1. The zero-order valence-electron chi connectivity index (χ0n) is 10.5. The van der Waals surface area contributed by atoms with Crippen LogP contribution in [0.3, 0.4) is 0 Å². The standard InChI is InChI=1S/C13H13FN2O2S/c1-9-5-6-10(2)12(8-9)16-19(17,18)13-11(14)4-3-7-15-13/h3-8,16H,1-2H3. The summed E-state index contributed by atoms with van der Waals surface area (Å²) in [6.07, 6.45) is 1.24. The van der Waals surface area contributed by atoms with Gasteiger partial charge in [0.25, 0.3) is 10.0 Å². The Labute approximate surface area is 111 Å². The van der Waals surface area contributed by atoms with E-state index in [0.717, 1.165) is 17.2 Å². The molecule has 0 amide bonds. The van der Waals surface area contributed by atoms with Crippen LogP contribution in [0.4, 0.5) is 10.1 Å². The van der Waals surface area contributed by atoms with Crippen molar-refractivity contribution in [2.75, 3.05) is 4.72 Å². The maximum absolute atomic E-state index is 13.5. The molecule has 0 saturated heterocycles. The molecule has 100 valence electrons. The summed E-state index contributed by atoms with van der Waals surface area (Å²) in [4.78, 5) is 3.57. The molecule has 1 heterocycles. The molecule has 6 heteroatoms. The van der Waals surface area contributed by atoms with Crippen LogP contribution in [0.15, 0.2) is 41.6 Å². The fourth-order valence-electron chi connectivity index (χ4n) is 1.61. The van der Waals surface area contributed by atoms with E-state index in [4.69, 9.17) is 0 Å². The number of hydrogen-bond donors (Lipinski definition) is 1. The van der Waals surface area contributed by atoms with Crippen molar-refractivity contribution in [1.29, 1.82) is 0 Å². The highest BCUT2D eigenvalue weighted by atomic mass is 32.2. The number of nitrogens with zero attached hydrogens (tertiary/aromatic N) is 1. The van der Waals surface area contributed by atoms with Crippen LogP contribution in [0.25, 0.3) is 0 Å². The average molecular weight is 280 g/mol. The Hall–Kier alpha value is -1.95. The summed E-state index contributed by atoms with van der Waals surface area (Å²) < 4.78 is 40.0. The number of aryl methyl sites for hydroxylation is 2. The van der Waals surface area contributed by atoms with E-state index < -0.39 is 20.9 Å². The topological polar surface area (TPSA) is 59.1 Å². The number of nitrogens with one attached hydrogen (secondary N) is 1. The second kappa shape index (κ2) is 4.97. The Bertz CT molecular complexity index is 714. The summed E-state index contributed by atoms with van der Waals surface area (Å²) in [5, 5.41) is -0.601. The maximum Gasteiger partial charge on any atom is 0.282 e. The second-order valence-corrected chi connectivity index (χ2v) is 5.81. The first-order chi connectivity index (χ1) is 8.90. The molecule has 0 aliphatic rings. The Balaban J connectivity index is 2.43. The molecule has 0 saturated carbocycles. The lowest BCUT2D eigenvalue weighted by atomic mass is 10.1. The fourth-order valence-corrected chi connectivity index (χ4v) is 2.74. The van der Waals surface area contributed by atoms with Gasteiger partial charge in [-0.1, -0.05) is 12.1 Å². The van der Waals surface area contributed by atoms with Gasteiger partial charge in [0.2, 0.25) is 5.03 Å². The van der Waals surface area contributed by atoms with Gasteiger partial charge in [-0.2, -0.15) is 8.42 Å². The molecular formula is C13H13FN2O2S. The minimum atomic E-state index is -4.02. The van der Waals surface area contributed by atoms with Crippen LogP contribution >= 0.6 is 0 Å². The van der Waals surface area contributed by atoms with E-state index in [9.17, 15) is 12.8 Å². The van der Waals surface area contributed by atoms with Crippen molar-refractivity contribution >= 4 is 15.7 Å². The predicted molar refractivity (Wildman–Crippen MR) is 70.9 cm³/mol. The van der Waals surface area contributed by atoms with Crippen molar-refractivity contribution in [3.05, 3.63) is 53.5 Å². The third-order valence-corrected chi connectivity index (χ3v) is 3.91. The van der Waals surface area contributed by atoms with Gasteiger partial charge in [-0.05, 0) is 43.2 Å². The van der Waals surface area contributed by atoms with E-state index in [1.807, 2.05) is 13.0 Å². The largest absolute Gasteiger partial charge is 0.282 e. The smallest absolute Gasteiger partial charge is 0.278 e. The van der Waals surface area contributed by atoms with Crippen LogP contribution < -0.4 is 4.72 Å². The van der Waals surface area contributed by atoms with E-state index in [1.165, 1.54) is 12.3 Å². The van der Waals surface area contributed by atoms with Crippen molar-refractivity contribution in [1.82, 2.24) is 4.98 Å². The summed E-state index contributed by atoms with van der Waals surface area (Å²) >= 11 is 0. The molecule has 0 atom stereocenters. The monoisotopic (exact) mass is 280 g/mol. The zero-order chi connectivity index (χ0) is 14.0. The summed E-state index contributed by atoms with van der Waals surface area (Å²) in [6, 6.07) is 7.75. The minimum Gasteiger partial charge on any atom is -0.278 e. The zero-order valence-corrected chi connectivity index (χ0v) is 11.3. The molecule has 2 aromatic rings. The van der Waals surface area contributed by atoms with Gasteiger partial charge >= 0.3 is 0 Å². The molecule has 0 aliphatic carbocycles. The van der Waals surface area contributed by atoms with Crippen LogP contribution in [-0.2, 0) is 10.0 Å². The van der Waals surface area contributed by atoms with Crippen molar-refractivity contribution in [2.45, 2.75) is 18.9 Å². The Morgan fingerprint density at radius 1 is 1.21 bits per heavy atom. The van der Waals surface area contributed by atoms with Crippen LogP contribution in [0.2, 0.25) is 0 Å². The van der Waals surface area contributed by atoms with E-state index in [-0.39, 0.29) is 0 Å². The van der Waals surface area contributed by atoms with Crippen molar-refractivity contribution in [2.24, 2.45) is 0 Å². The number of benzene rings is 1. The summed E-state index contributed by atoms with van der Waals surface area (Å²) in [7, 11) is -4.02. The predicted octanol–water partition coefficient (Wildman–Crippen LogP) is 2.64. The van der Waals surface area contributed by atoms with Gasteiger partial charge in [-0.25, -0.2) is 9.37 Å². The van der Waals surface area contributed by atoms with Crippen molar-refractivity contribution in [3.63, 3.8) is 0 Å². The van der Waals surface area contributed by atoms with Gasteiger partial charge in [0.15, 0.2) is 5.82 Å². The summed E-state index contributed by atoms with van der Waals surface area (Å²) in [5.41, 5.74) is 2.08. The van der Waals surface area contributed by atoms with Crippen LogP contribution in [-0.4, -0.2) is 13.4 Å². The fraction of sp³-hybridized carbons (Fsp3) is 0.154. The molecule has 2 rings (SSSR count). The summed E-state index contributed by atoms with van der Waals surface area (Å²) in [6.45, 7) is 3.62. The van der Waals surface area contributed by atoms with Gasteiger partial charge in [-0.15, -0.1) is 0 Å². The first-order valence-electron chi connectivity index (χ1n) is 5.61. The molecule has 0 aliphatic heterocycles. The van der Waals surface area contributed by atoms with Gasteiger partial charge in [0.1, 0.15) is 0 Å². The first kappa shape index (κ1) is 13.5. The third-order valence-electron chi connectivity index (χ3n) is 2.62. The van der Waals surface area contributed by atoms with Gasteiger partial charge in [0, 0.05) is 6.20 Å². The second-order valence-electron chi connectivity index (χ2n) is 4.21. The number of hydrogen-bond acceptors (Lipinski definition) is 3. The normalized spacial score (nSPS) is 11.3. The summed E-state index contributed by atoms with van der Waals surface area (Å²) in [5.74, 6) is -0.875. The van der Waals surface area contributed by atoms with Gasteiger partial charge < -0.3 is 0 Å². The Kier molecular flexibility index (Phi) is 3.53. The number of rotatable bonds is 3. The minimum absolute atomic E-state index is 0.421. The molecule has 0 unspecified atom stereocenters. The van der Waals surface area contributed by atoms with E-state index in [1.54, 1.807) is 19.1 Å². The SMILES string of the molecule is Cc1ccc(C)c(NS(=O)(=O)c2ncccc2F)c1. The third kappa shape index (κ3) is 2.90. The quantitative estimate of drug-likeness (QED) is 0.940. The van der Waals surface area contributed by atoms with Crippen LogP contribution in [0.1, 0.15) is 11.1 Å². The van der Waals surface area contributed by atoms with Gasteiger partial charge in [0.05, 0.1) is 5.69 Å². The molecule has 0 fully saturated rings. The first-order valence-corrected chi connectivity index (χ1v) is 7.09. The van der Waals surface area contributed by atoms with Crippen LogP contribution in [0, 0.1) is 19.7 Å². The van der Waals surface area contributed by atoms with Crippen LogP contribution in [0.5, 0.6) is 0 Å². The lowest BCUT2D eigenvalue weighted by Crippen LogP contribution is -2.16. The number of aromatic nitrogens is 1. The van der Waals surface area contributed by atoms with Crippen molar-refractivity contribution in [3.8, 4) is 0 Å². The molecule has 0 radical (unpaired) electrons. The average Bonchev–Trinajstić information content (AvgIpc) is 2.34. The molecule has 1 N–H and O–H groups in total. The van der Waals surface area contributed by atoms with Gasteiger partial charge in [-0.3, -0.25) is 4.72 Å². The van der Waals surface area contributed by atoms with Crippen molar-refractivity contribution < 1.29 is 12.8 Å². The number of halogens is 1. The molecule has 4 nitrogen and oxygen atoms in total. The maximum atomic E-state index is 13.5. The van der Waals surface area contributed by atoms with E-state index in [0.29, 0.717) is 5.69 Å². The lowest BCUT2D eigenvalue weighted by molar-refractivity contribution is 0.557. The lowest BCUT2D eigenvalue weighted by Gasteiger charge is -2.11. The molecule has 19 heavy (non-hydrogen) atoms. The molecule has 0 bridgehead atoms. The Morgan fingerprint density at radius 2 is 1.95 bits per heavy atom. The number of anilines is 1. The Morgan fingerprint density at radius 3 is 2.63 bits per heavy atom. The van der Waals surface area contributed by atoms with E-state index in [2.05, 4.69) is 9.71 Å². The molecular weight excluding hydrogens is 267 g/mol. The molecule has 1 aromatic carbocycles. The number of pyridine rings is 1. The highest BCUT2D eigenvalue weighted by molar-refractivity contribution is 7.92.